The molecule has 2 heterocycles. The quantitative estimate of drug-likeness (QED) is 0.690. The van der Waals surface area contributed by atoms with Crippen LogP contribution in [0.4, 0.5) is 0 Å². The first-order valence-electron chi connectivity index (χ1n) is 5.81. The zero-order valence-electron chi connectivity index (χ0n) is 9.66. The molecular formula is C11H23N3. The molecule has 0 aromatic heterocycles. The molecule has 2 rings (SSSR count). The Morgan fingerprint density at radius 2 is 2.14 bits per heavy atom. The highest BCUT2D eigenvalue weighted by Gasteiger charge is 2.32. The molecule has 3 atom stereocenters. The maximum atomic E-state index is 3.44. The van der Waals surface area contributed by atoms with Gasteiger partial charge in [-0.15, -0.1) is 0 Å². The Hall–Kier alpha value is -0.120. The Bertz CT molecular complexity index is 179. The number of nitrogens with one attached hydrogen (secondary N) is 1. The summed E-state index contributed by atoms with van der Waals surface area (Å²) in [6, 6.07) is 2.32. The largest absolute Gasteiger partial charge is 0.315 e. The molecule has 1 N–H and O–H groups in total. The standard InChI is InChI=1S/C11H23N3/c1-9-6-11(8-13(9)2)14(3)10-4-5-12-7-10/h9-12H,4-8H2,1-3H3. The van der Waals surface area contributed by atoms with E-state index in [1.165, 1.54) is 32.5 Å². The van der Waals surface area contributed by atoms with Gasteiger partial charge in [0.1, 0.15) is 0 Å². The van der Waals surface area contributed by atoms with Crippen LogP contribution in [0.1, 0.15) is 19.8 Å². The summed E-state index contributed by atoms with van der Waals surface area (Å²) in [4.78, 5) is 5.07. The molecule has 0 amide bonds. The number of hydrogen-bond donors (Lipinski definition) is 1. The summed E-state index contributed by atoms with van der Waals surface area (Å²) in [5.41, 5.74) is 0. The van der Waals surface area contributed by atoms with Gasteiger partial charge < -0.3 is 10.2 Å². The summed E-state index contributed by atoms with van der Waals surface area (Å²) in [6.45, 7) is 5.97. The molecule has 0 saturated carbocycles. The maximum absolute atomic E-state index is 3.44. The van der Waals surface area contributed by atoms with Crippen LogP contribution in [0.25, 0.3) is 0 Å². The topological polar surface area (TPSA) is 18.5 Å². The Morgan fingerprint density at radius 1 is 1.36 bits per heavy atom. The van der Waals surface area contributed by atoms with E-state index in [0.29, 0.717) is 0 Å². The first-order valence-corrected chi connectivity index (χ1v) is 5.81. The third-order valence-electron chi connectivity index (χ3n) is 4.05. The van der Waals surface area contributed by atoms with Gasteiger partial charge >= 0.3 is 0 Å². The van der Waals surface area contributed by atoms with Gasteiger partial charge in [0.05, 0.1) is 0 Å². The van der Waals surface area contributed by atoms with E-state index >= 15 is 0 Å². The second kappa shape index (κ2) is 4.17. The zero-order valence-corrected chi connectivity index (χ0v) is 9.66. The maximum Gasteiger partial charge on any atom is 0.0238 e. The van der Waals surface area contributed by atoms with Crippen LogP contribution in [0.15, 0.2) is 0 Å². The van der Waals surface area contributed by atoms with Crippen molar-refractivity contribution >= 4 is 0 Å². The van der Waals surface area contributed by atoms with E-state index in [0.717, 1.165) is 18.1 Å². The molecule has 0 spiro atoms. The minimum absolute atomic E-state index is 0.761. The second-order valence-corrected chi connectivity index (χ2v) is 4.99. The Labute approximate surface area is 87.4 Å². The van der Waals surface area contributed by atoms with E-state index in [-0.39, 0.29) is 0 Å². The van der Waals surface area contributed by atoms with Gasteiger partial charge in [0, 0.05) is 31.2 Å². The van der Waals surface area contributed by atoms with E-state index in [2.05, 4.69) is 36.1 Å². The molecule has 2 aliphatic rings. The molecule has 0 aliphatic carbocycles. The lowest BCUT2D eigenvalue weighted by Gasteiger charge is -2.29. The van der Waals surface area contributed by atoms with Gasteiger partial charge in [-0.2, -0.15) is 0 Å². The smallest absolute Gasteiger partial charge is 0.0238 e. The van der Waals surface area contributed by atoms with Crippen molar-refractivity contribution in [1.29, 1.82) is 0 Å². The number of likely N-dealkylation sites (tertiary alicyclic amines) is 1. The summed E-state index contributed by atoms with van der Waals surface area (Å²) < 4.78 is 0. The molecule has 2 saturated heterocycles. The van der Waals surface area contributed by atoms with E-state index in [1.54, 1.807) is 0 Å². The SMILES string of the molecule is CC1CC(N(C)C2CCNC2)CN1C. The highest BCUT2D eigenvalue weighted by Crippen LogP contribution is 2.22. The second-order valence-electron chi connectivity index (χ2n) is 4.99. The van der Waals surface area contributed by atoms with Gasteiger partial charge in [-0.1, -0.05) is 0 Å². The van der Waals surface area contributed by atoms with Gasteiger partial charge in [-0.25, -0.2) is 0 Å². The molecule has 0 aromatic carbocycles. The fourth-order valence-corrected chi connectivity index (χ4v) is 2.74. The number of hydrogen-bond acceptors (Lipinski definition) is 3. The number of nitrogens with zero attached hydrogens (tertiary/aromatic N) is 2. The zero-order chi connectivity index (χ0) is 10.1. The van der Waals surface area contributed by atoms with Crippen molar-refractivity contribution in [2.45, 2.75) is 37.9 Å². The number of rotatable bonds is 2. The minimum Gasteiger partial charge on any atom is -0.315 e. The lowest BCUT2D eigenvalue weighted by molar-refractivity contribution is 0.185. The fraction of sp³-hybridized carbons (Fsp3) is 1.00. The normalized spacial score (nSPS) is 39.9. The molecule has 2 fully saturated rings. The van der Waals surface area contributed by atoms with Gasteiger partial charge in [0.2, 0.25) is 0 Å². The van der Waals surface area contributed by atoms with Gasteiger partial charge in [0.15, 0.2) is 0 Å². The van der Waals surface area contributed by atoms with Crippen molar-refractivity contribution in [2.75, 3.05) is 33.7 Å². The van der Waals surface area contributed by atoms with Gasteiger partial charge in [-0.05, 0) is 40.4 Å². The molecular weight excluding hydrogens is 174 g/mol. The number of likely N-dealkylation sites (N-methyl/N-ethyl adjacent to an activating group) is 2. The molecule has 3 heteroatoms. The average molecular weight is 197 g/mol. The monoisotopic (exact) mass is 197 g/mol. The Kier molecular flexibility index (Phi) is 3.10. The lowest BCUT2D eigenvalue weighted by Crippen LogP contribution is -2.42. The summed E-state index contributed by atoms with van der Waals surface area (Å²) in [6.07, 6.45) is 2.66. The van der Waals surface area contributed by atoms with Crippen LogP contribution in [0.2, 0.25) is 0 Å². The van der Waals surface area contributed by atoms with Crippen LogP contribution < -0.4 is 5.32 Å². The Morgan fingerprint density at radius 3 is 2.64 bits per heavy atom. The van der Waals surface area contributed by atoms with Crippen molar-refractivity contribution in [2.24, 2.45) is 0 Å². The predicted molar refractivity (Wildman–Crippen MR) is 59.5 cm³/mol. The van der Waals surface area contributed by atoms with E-state index in [9.17, 15) is 0 Å². The molecule has 82 valence electrons. The van der Waals surface area contributed by atoms with Crippen LogP contribution in [-0.2, 0) is 0 Å². The van der Waals surface area contributed by atoms with Crippen LogP contribution in [0.3, 0.4) is 0 Å². The third-order valence-corrected chi connectivity index (χ3v) is 4.05. The lowest BCUT2D eigenvalue weighted by atomic mass is 10.1. The van der Waals surface area contributed by atoms with Crippen molar-refractivity contribution in [3.63, 3.8) is 0 Å². The Balaban J connectivity index is 1.88. The van der Waals surface area contributed by atoms with Crippen LogP contribution >= 0.6 is 0 Å². The fourth-order valence-electron chi connectivity index (χ4n) is 2.74. The summed E-state index contributed by atoms with van der Waals surface area (Å²) in [5, 5.41) is 3.44. The average Bonchev–Trinajstić information content (AvgIpc) is 2.76. The highest BCUT2D eigenvalue weighted by atomic mass is 15.3. The first-order chi connectivity index (χ1) is 6.68. The molecule has 0 aromatic rings. The third kappa shape index (κ3) is 1.95. The summed E-state index contributed by atoms with van der Waals surface area (Å²) >= 11 is 0. The molecule has 0 radical (unpaired) electrons. The van der Waals surface area contributed by atoms with E-state index < -0.39 is 0 Å². The molecule has 14 heavy (non-hydrogen) atoms. The minimum atomic E-state index is 0.761. The van der Waals surface area contributed by atoms with Crippen LogP contribution in [-0.4, -0.2) is 61.7 Å². The molecule has 3 unspecified atom stereocenters. The summed E-state index contributed by atoms with van der Waals surface area (Å²) in [7, 11) is 4.54. The molecule has 0 bridgehead atoms. The van der Waals surface area contributed by atoms with E-state index in [4.69, 9.17) is 0 Å². The highest BCUT2D eigenvalue weighted by molar-refractivity contribution is 4.90. The van der Waals surface area contributed by atoms with Crippen LogP contribution in [0.5, 0.6) is 0 Å². The van der Waals surface area contributed by atoms with Crippen molar-refractivity contribution in [1.82, 2.24) is 15.1 Å². The first kappa shape index (κ1) is 10.4. The van der Waals surface area contributed by atoms with Crippen molar-refractivity contribution < 1.29 is 0 Å². The van der Waals surface area contributed by atoms with Gasteiger partial charge in [0.25, 0.3) is 0 Å². The van der Waals surface area contributed by atoms with E-state index in [1.807, 2.05) is 0 Å². The van der Waals surface area contributed by atoms with Gasteiger partial charge in [-0.3, -0.25) is 4.90 Å². The summed E-state index contributed by atoms with van der Waals surface area (Å²) in [5.74, 6) is 0. The van der Waals surface area contributed by atoms with Crippen molar-refractivity contribution in [3.05, 3.63) is 0 Å². The van der Waals surface area contributed by atoms with Crippen molar-refractivity contribution in [3.8, 4) is 0 Å². The van der Waals surface area contributed by atoms with Crippen LogP contribution in [0, 0.1) is 0 Å². The predicted octanol–water partition coefficient (Wildman–Crippen LogP) is 0.373. The molecule has 3 nitrogen and oxygen atoms in total. The molecule has 2 aliphatic heterocycles.